The molecule has 0 saturated heterocycles. The molecule has 1 heteroatoms. The maximum Gasteiger partial charge on any atom is 0.0137 e. The molecule has 0 aliphatic carbocycles. The van der Waals surface area contributed by atoms with Gasteiger partial charge in [-0.05, 0) is 45.2 Å². The summed E-state index contributed by atoms with van der Waals surface area (Å²) in [4.78, 5) is 0. The lowest BCUT2D eigenvalue weighted by Gasteiger charge is -2.25. The molecule has 0 atom stereocenters. The number of allylic oxidation sites excluding steroid dienone is 9. The van der Waals surface area contributed by atoms with Gasteiger partial charge in [0.25, 0.3) is 0 Å². The van der Waals surface area contributed by atoms with Crippen molar-refractivity contribution < 1.29 is 0 Å². The molecule has 0 aliphatic rings. The van der Waals surface area contributed by atoms with E-state index in [9.17, 15) is 0 Å². The number of hydrogen-bond acceptors (Lipinski definition) is 1. The zero-order valence-electron chi connectivity index (χ0n) is 15.7. The number of terminal acetylenes is 1. The fourth-order valence-electron chi connectivity index (χ4n) is 2.20. The van der Waals surface area contributed by atoms with Crippen LogP contribution < -0.4 is 5.32 Å². The van der Waals surface area contributed by atoms with E-state index in [0.29, 0.717) is 0 Å². The van der Waals surface area contributed by atoms with Gasteiger partial charge in [0, 0.05) is 13.0 Å². The molecule has 1 nitrogen and oxygen atoms in total. The van der Waals surface area contributed by atoms with Gasteiger partial charge in [0.15, 0.2) is 0 Å². The normalized spacial score (nSPS) is 14.7. The van der Waals surface area contributed by atoms with Crippen LogP contribution in [0.2, 0.25) is 0 Å². The molecule has 23 heavy (non-hydrogen) atoms. The van der Waals surface area contributed by atoms with Crippen molar-refractivity contribution in [3.05, 3.63) is 59.3 Å². The van der Waals surface area contributed by atoms with Crippen LogP contribution in [0.3, 0.4) is 0 Å². The monoisotopic (exact) mass is 311 g/mol. The Hall–Kier alpha value is -1.78. The van der Waals surface area contributed by atoms with Crippen LogP contribution in [0.15, 0.2) is 59.3 Å². The van der Waals surface area contributed by atoms with E-state index >= 15 is 0 Å². The lowest BCUT2D eigenvalue weighted by molar-refractivity contribution is 0.424. The lowest BCUT2D eigenvalue weighted by atomic mass is 9.79. The minimum absolute atomic E-state index is 0.111. The highest BCUT2D eigenvalue weighted by Crippen LogP contribution is 2.32. The van der Waals surface area contributed by atoms with Crippen molar-refractivity contribution in [1.29, 1.82) is 0 Å². The Morgan fingerprint density at radius 1 is 1.13 bits per heavy atom. The molecule has 0 spiro atoms. The summed E-state index contributed by atoms with van der Waals surface area (Å²) in [6.07, 6.45) is 22.3. The molecule has 0 aromatic carbocycles. The highest BCUT2D eigenvalue weighted by atomic mass is 14.8. The van der Waals surface area contributed by atoms with Crippen LogP contribution in [-0.4, -0.2) is 13.6 Å². The van der Waals surface area contributed by atoms with Gasteiger partial charge in [-0.3, -0.25) is 0 Å². The van der Waals surface area contributed by atoms with Gasteiger partial charge in [0.05, 0.1) is 0 Å². The van der Waals surface area contributed by atoms with Crippen LogP contribution in [0.25, 0.3) is 0 Å². The van der Waals surface area contributed by atoms with Gasteiger partial charge in [0.1, 0.15) is 0 Å². The molecule has 0 unspecified atom stereocenters. The van der Waals surface area contributed by atoms with Gasteiger partial charge in [-0.1, -0.05) is 67.5 Å². The number of hydrogen-bond donors (Lipinski definition) is 1. The van der Waals surface area contributed by atoms with Crippen molar-refractivity contribution in [2.75, 3.05) is 13.6 Å². The largest absolute Gasteiger partial charge is 0.316 e. The van der Waals surface area contributed by atoms with Crippen molar-refractivity contribution in [2.45, 2.75) is 47.5 Å². The summed E-state index contributed by atoms with van der Waals surface area (Å²) >= 11 is 0. The van der Waals surface area contributed by atoms with E-state index in [-0.39, 0.29) is 5.41 Å². The van der Waals surface area contributed by atoms with Gasteiger partial charge >= 0.3 is 0 Å². The molecule has 0 radical (unpaired) electrons. The van der Waals surface area contributed by atoms with Gasteiger partial charge in [-0.15, -0.1) is 12.3 Å². The zero-order valence-corrected chi connectivity index (χ0v) is 15.7. The summed E-state index contributed by atoms with van der Waals surface area (Å²) in [5, 5.41) is 3.11. The number of likely N-dealkylation sites (N-methyl/N-ethyl adjacent to an activating group) is 1. The third-order valence-corrected chi connectivity index (χ3v) is 3.86. The van der Waals surface area contributed by atoms with Crippen LogP contribution in [0, 0.1) is 17.8 Å². The Balaban J connectivity index is 4.83. The van der Waals surface area contributed by atoms with Crippen LogP contribution in [0.4, 0.5) is 0 Å². The fourth-order valence-corrected chi connectivity index (χ4v) is 2.20. The summed E-state index contributed by atoms with van der Waals surface area (Å²) in [6.45, 7) is 11.7. The van der Waals surface area contributed by atoms with E-state index in [4.69, 9.17) is 6.42 Å². The summed E-state index contributed by atoms with van der Waals surface area (Å²) in [6, 6.07) is 0. The molecule has 0 amide bonds. The summed E-state index contributed by atoms with van der Waals surface area (Å²) in [5.41, 5.74) is 3.93. The van der Waals surface area contributed by atoms with Crippen LogP contribution in [0.1, 0.15) is 47.5 Å². The van der Waals surface area contributed by atoms with E-state index in [0.717, 1.165) is 19.4 Å². The van der Waals surface area contributed by atoms with E-state index < -0.39 is 0 Å². The Morgan fingerprint density at radius 3 is 2.39 bits per heavy atom. The maximum atomic E-state index is 5.40. The Kier molecular flexibility index (Phi) is 10.8. The Morgan fingerprint density at radius 2 is 1.83 bits per heavy atom. The second-order valence-corrected chi connectivity index (χ2v) is 6.44. The molecule has 0 heterocycles. The molecular formula is C22H33N. The van der Waals surface area contributed by atoms with E-state index in [1.54, 1.807) is 0 Å². The Bertz CT molecular complexity index is 531. The minimum atomic E-state index is 0.111. The van der Waals surface area contributed by atoms with Crippen LogP contribution in [-0.2, 0) is 0 Å². The quantitative estimate of drug-likeness (QED) is 0.432. The molecule has 1 N–H and O–H groups in total. The standard InChI is InChI=1S/C22H33N/c1-8-10-17-22(5,6)21(9-2)15-14-19(3)12-11-13-20(4)16-18-23-7/h1,9,11-16,23H,10,17-18H2,2-7H3/b13-11+,15-14+,19-12+,20-16+,21-9+. The molecule has 0 aromatic rings. The molecule has 0 rings (SSSR count). The number of nitrogens with one attached hydrogen (secondary N) is 1. The van der Waals surface area contributed by atoms with E-state index in [1.807, 2.05) is 7.05 Å². The third-order valence-electron chi connectivity index (χ3n) is 3.86. The fraction of sp³-hybridized carbons (Fsp3) is 0.455. The Labute approximate surface area is 144 Å². The number of rotatable bonds is 9. The smallest absolute Gasteiger partial charge is 0.0137 e. The predicted octanol–water partition coefficient (Wildman–Crippen LogP) is 5.60. The SMILES string of the molecule is C#CCCC(C)(C)C(/C=C/C(C)=C/C=C/C(C)=C/CNC)=C/C. The first-order valence-electron chi connectivity index (χ1n) is 8.32. The van der Waals surface area contributed by atoms with Gasteiger partial charge < -0.3 is 5.32 Å². The maximum absolute atomic E-state index is 5.40. The van der Waals surface area contributed by atoms with E-state index in [1.165, 1.54) is 16.7 Å². The second kappa shape index (κ2) is 11.7. The average molecular weight is 312 g/mol. The van der Waals surface area contributed by atoms with Crippen molar-refractivity contribution in [1.82, 2.24) is 5.32 Å². The first-order chi connectivity index (χ1) is 10.9. The first kappa shape index (κ1) is 21.2. The molecule has 0 fully saturated rings. The van der Waals surface area contributed by atoms with Crippen LogP contribution in [0.5, 0.6) is 0 Å². The highest BCUT2D eigenvalue weighted by Gasteiger charge is 2.19. The van der Waals surface area contributed by atoms with Crippen molar-refractivity contribution >= 4 is 0 Å². The van der Waals surface area contributed by atoms with E-state index in [2.05, 4.69) is 88.4 Å². The first-order valence-corrected chi connectivity index (χ1v) is 8.32. The van der Waals surface area contributed by atoms with Gasteiger partial charge in [0.2, 0.25) is 0 Å². The molecule has 0 saturated carbocycles. The van der Waals surface area contributed by atoms with Crippen molar-refractivity contribution in [3.63, 3.8) is 0 Å². The summed E-state index contributed by atoms with van der Waals surface area (Å²) < 4.78 is 0. The van der Waals surface area contributed by atoms with Crippen LogP contribution >= 0.6 is 0 Å². The molecule has 0 aliphatic heterocycles. The average Bonchev–Trinajstić information content (AvgIpc) is 2.51. The van der Waals surface area contributed by atoms with Gasteiger partial charge in [-0.25, -0.2) is 0 Å². The molecule has 0 aromatic heterocycles. The molecule has 0 bridgehead atoms. The predicted molar refractivity (Wildman–Crippen MR) is 105 cm³/mol. The lowest BCUT2D eigenvalue weighted by Crippen LogP contribution is -2.13. The topological polar surface area (TPSA) is 12.0 Å². The second-order valence-electron chi connectivity index (χ2n) is 6.44. The summed E-state index contributed by atoms with van der Waals surface area (Å²) in [7, 11) is 1.95. The summed E-state index contributed by atoms with van der Waals surface area (Å²) in [5.74, 6) is 2.74. The van der Waals surface area contributed by atoms with Gasteiger partial charge in [-0.2, -0.15) is 0 Å². The molecule has 126 valence electrons. The minimum Gasteiger partial charge on any atom is -0.316 e. The highest BCUT2D eigenvalue weighted by molar-refractivity contribution is 5.33. The zero-order chi connectivity index (χ0) is 17.7. The third kappa shape index (κ3) is 9.76. The van der Waals surface area contributed by atoms with Crippen molar-refractivity contribution in [2.24, 2.45) is 5.41 Å². The van der Waals surface area contributed by atoms with Crippen molar-refractivity contribution in [3.8, 4) is 12.3 Å². The molecular weight excluding hydrogens is 278 g/mol.